The average Bonchev–Trinajstić information content (AvgIpc) is 2.94. The summed E-state index contributed by atoms with van der Waals surface area (Å²) in [6.45, 7) is 16.4. The minimum atomic E-state index is 0. The number of ether oxygens (including phenoxy) is 1. The molecule has 0 aliphatic carbocycles. The van der Waals surface area contributed by atoms with Crippen molar-refractivity contribution in [3.63, 3.8) is 0 Å². The lowest BCUT2D eigenvalue weighted by Crippen LogP contribution is -2.50. The van der Waals surface area contributed by atoms with Gasteiger partial charge >= 0.3 is 0 Å². The van der Waals surface area contributed by atoms with Crippen LogP contribution < -0.4 is 10.6 Å². The Morgan fingerprint density at radius 2 is 1.54 bits per heavy atom. The van der Waals surface area contributed by atoms with Crippen molar-refractivity contribution in [2.24, 2.45) is 16.8 Å². The van der Waals surface area contributed by atoms with E-state index >= 15 is 0 Å². The van der Waals surface area contributed by atoms with Crippen LogP contribution in [0.3, 0.4) is 0 Å². The fourth-order valence-electron chi connectivity index (χ4n) is 4.20. The Labute approximate surface area is 190 Å². The molecule has 0 aromatic rings. The predicted octanol–water partition coefficient (Wildman–Crippen LogP) is 2.64. The lowest BCUT2D eigenvalue weighted by atomic mass is 10.0. The first kappa shape index (κ1) is 25.9. The van der Waals surface area contributed by atoms with Crippen molar-refractivity contribution in [2.45, 2.75) is 52.5 Å². The first-order chi connectivity index (χ1) is 13.1. The fourth-order valence-corrected chi connectivity index (χ4v) is 4.20. The molecule has 2 aliphatic heterocycles. The molecule has 0 amide bonds. The fraction of sp³-hybridized carbons (Fsp3) is 0.952. The second kappa shape index (κ2) is 14.8. The van der Waals surface area contributed by atoms with Gasteiger partial charge in [0, 0.05) is 45.8 Å². The van der Waals surface area contributed by atoms with Gasteiger partial charge in [0.15, 0.2) is 5.96 Å². The Kier molecular flexibility index (Phi) is 13.7. The smallest absolute Gasteiger partial charge is 0.191 e. The van der Waals surface area contributed by atoms with Crippen molar-refractivity contribution in [2.75, 3.05) is 66.1 Å². The number of guanidine groups is 1. The summed E-state index contributed by atoms with van der Waals surface area (Å²) in [6, 6.07) is 0.576. The summed E-state index contributed by atoms with van der Waals surface area (Å²) < 4.78 is 5.44. The third kappa shape index (κ3) is 9.59. The maximum absolute atomic E-state index is 5.44. The standard InChI is InChI=1S/C21H43N5O.HI/c1-18(2)20(26-9-7-5-6-8-10-26)16-24-21(22-4)23-15-19(3)17-25-11-13-27-14-12-25;/h18-20H,5-17H2,1-4H3,(H2,22,23,24);1H. The zero-order valence-corrected chi connectivity index (χ0v) is 20.9. The number of halogens is 1. The van der Waals surface area contributed by atoms with E-state index in [2.05, 4.69) is 46.2 Å². The van der Waals surface area contributed by atoms with E-state index < -0.39 is 0 Å². The summed E-state index contributed by atoms with van der Waals surface area (Å²) in [5.41, 5.74) is 0. The molecular formula is C21H44IN5O. The van der Waals surface area contributed by atoms with Gasteiger partial charge in [0.1, 0.15) is 0 Å². The molecule has 0 saturated carbocycles. The quantitative estimate of drug-likeness (QED) is 0.300. The highest BCUT2D eigenvalue weighted by Gasteiger charge is 2.23. The lowest BCUT2D eigenvalue weighted by Gasteiger charge is -2.34. The zero-order chi connectivity index (χ0) is 19.5. The summed E-state index contributed by atoms with van der Waals surface area (Å²) >= 11 is 0. The van der Waals surface area contributed by atoms with Gasteiger partial charge in [0.2, 0.25) is 0 Å². The average molecular weight is 510 g/mol. The first-order valence-corrected chi connectivity index (χ1v) is 11.1. The van der Waals surface area contributed by atoms with E-state index in [0.717, 1.165) is 51.9 Å². The van der Waals surface area contributed by atoms with Gasteiger partial charge in [-0.05, 0) is 37.8 Å². The minimum absolute atomic E-state index is 0. The molecule has 2 fully saturated rings. The van der Waals surface area contributed by atoms with Crippen molar-refractivity contribution in [1.29, 1.82) is 0 Å². The summed E-state index contributed by atoms with van der Waals surface area (Å²) in [5, 5.41) is 7.12. The number of nitrogens with zero attached hydrogens (tertiary/aromatic N) is 3. The Hall–Kier alpha value is -0.120. The molecular weight excluding hydrogens is 465 g/mol. The van der Waals surface area contributed by atoms with E-state index in [1.807, 2.05) is 7.05 Å². The van der Waals surface area contributed by atoms with Crippen LogP contribution in [-0.4, -0.2) is 87.9 Å². The second-order valence-corrected chi connectivity index (χ2v) is 8.61. The van der Waals surface area contributed by atoms with Gasteiger partial charge in [-0.1, -0.05) is 33.6 Å². The molecule has 0 radical (unpaired) electrons. The molecule has 2 heterocycles. The zero-order valence-electron chi connectivity index (χ0n) is 18.6. The molecule has 2 rings (SSSR count). The summed E-state index contributed by atoms with van der Waals surface area (Å²) in [6.07, 6.45) is 5.46. The number of aliphatic imine (C=N–C) groups is 1. The SMILES string of the molecule is CN=C(NCC(C)CN1CCOCC1)NCC(C(C)C)N1CCCCCC1.I. The van der Waals surface area contributed by atoms with Crippen LogP contribution in [0.2, 0.25) is 0 Å². The normalized spacial score (nSPS) is 22.2. The van der Waals surface area contributed by atoms with Crippen LogP contribution >= 0.6 is 24.0 Å². The van der Waals surface area contributed by atoms with E-state index in [9.17, 15) is 0 Å². The molecule has 0 aromatic heterocycles. The van der Waals surface area contributed by atoms with Crippen LogP contribution in [0.4, 0.5) is 0 Å². The van der Waals surface area contributed by atoms with Crippen LogP contribution in [0.1, 0.15) is 46.5 Å². The Balaban J connectivity index is 0.00000392. The Morgan fingerprint density at radius 1 is 0.929 bits per heavy atom. The van der Waals surface area contributed by atoms with E-state index in [-0.39, 0.29) is 24.0 Å². The molecule has 7 heteroatoms. The van der Waals surface area contributed by atoms with E-state index in [1.54, 1.807) is 0 Å². The first-order valence-electron chi connectivity index (χ1n) is 11.1. The van der Waals surface area contributed by atoms with E-state index in [4.69, 9.17) is 4.74 Å². The van der Waals surface area contributed by atoms with Gasteiger partial charge in [-0.3, -0.25) is 14.8 Å². The Bertz CT molecular complexity index is 421. The summed E-state index contributed by atoms with van der Waals surface area (Å²) in [7, 11) is 1.87. The minimum Gasteiger partial charge on any atom is -0.379 e. The molecule has 28 heavy (non-hydrogen) atoms. The van der Waals surface area contributed by atoms with E-state index in [1.165, 1.54) is 38.8 Å². The monoisotopic (exact) mass is 509 g/mol. The van der Waals surface area contributed by atoms with Gasteiger partial charge in [-0.25, -0.2) is 0 Å². The molecule has 0 aromatic carbocycles. The van der Waals surface area contributed by atoms with Crippen molar-refractivity contribution in [3.8, 4) is 0 Å². The van der Waals surface area contributed by atoms with Crippen molar-refractivity contribution in [3.05, 3.63) is 0 Å². The molecule has 6 nitrogen and oxygen atoms in total. The van der Waals surface area contributed by atoms with Gasteiger partial charge in [-0.2, -0.15) is 0 Å². The number of likely N-dealkylation sites (tertiary alicyclic amines) is 1. The van der Waals surface area contributed by atoms with Crippen LogP contribution in [0, 0.1) is 11.8 Å². The molecule has 2 atom stereocenters. The third-order valence-electron chi connectivity index (χ3n) is 5.87. The topological polar surface area (TPSA) is 52.1 Å². The number of nitrogens with one attached hydrogen (secondary N) is 2. The third-order valence-corrected chi connectivity index (χ3v) is 5.87. The van der Waals surface area contributed by atoms with E-state index in [0.29, 0.717) is 17.9 Å². The van der Waals surface area contributed by atoms with Gasteiger partial charge in [0.05, 0.1) is 13.2 Å². The molecule has 0 bridgehead atoms. The van der Waals surface area contributed by atoms with Crippen molar-refractivity contribution < 1.29 is 4.74 Å². The van der Waals surface area contributed by atoms with Crippen molar-refractivity contribution >= 4 is 29.9 Å². The Morgan fingerprint density at radius 3 is 2.11 bits per heavy atom. The number of morpholine rings is 1. The molecule has 2 saturated heterocycles. The molecule has 2 N–H and O–H groups in total. The molecule has 166 valence electrons. The highest BCUT2D eigenvalue weighted by molar-refractivity contribution is 14.0. The molecule has 0 spiro atoms. The van der Waals surface area contributed by atoms with Crippen LogP contribution in [-0.2, 0) is 4.74 Å². The summed E-state index contributed by atoms with van der Waals surface area (Å²) in [5.74, 6) is 2.17. The highest BCUT2D eigenvalue weighted by atomic mass is 127. The maximum atomic E-state index is 5.44. The van der Waals surface area contributed by atoms with Crippen LogP contribution in [0.25, 0.3) is 0 Å². The molecule has 2 aliphatic rings. The lowest BCUT2D eigenvalue weighted by molar-refractivity contribution is 0.0320. The van der Waals surface area contributed by atoms with Gasteiger partial charge in [-0.15, -0.1) is 24.0 Å². The van der Waals surface area contributed by atoms with Crippen LogP contribution in [0.5, 0.6) is 0 Å². The summed E-state index contributed by atoms with van der Waals surface area (Å²) in [4.78, 5) is 9.64. The van der Waals surface area contributed by atoms with Gasteiger partial charge in [0.25, 0.3) is 0 Å². The maximum Gasteiger partial charge on any atom is 0.191 e. The molecule has 2 unspecified atom stereocenters. The van der Waals surface area contributed by atoms with Crippen LogP contribution in [0.15, 0.2) is 4.99 Å². The number of rotatable bonds is 8. The van der Waals surface area contributed by atoms with Gasteiger partial charge < -0.3 is 15.4 Å². The highest BCUT2D eigenvalue weighted by Crippen LogP contribution is 2.17. The predicted molar refractivity (Wildman–Crippen MR) is 130 cm³/mol. The number of hydrogen-bond donors (Lipinski definition) is 2. The number of hydrogen-bond acceptors (Lipinski definition) is 4. The largest absolute Gasteiger partial charge is 0.379 e. The van der Waals surface area contributed by atoms with Crippen molar-refractivity contribution in [1.82, 2.24) is 20.4 Å². The second-order valence-electron chi connectivity index (χ2n) is 8.61.